The van der Waals surface area contributed by atoms with E-state index in [0.717, 1.165) is 18.8 Å². The lowest BCUT2D eigenvalue weighted by atomic mass is 9.85. The molecule has 0 bridgehead atoms. The molecule has 0 spiro atoms. The molecule has 148 valence electrons. The number of amides is 1. The fraction of sp³-hybridized carbons (Fsp3) is 0.421. The zero-order chi connectivity index (χ0) is 20.1. The molecular weight excluding hydrogens is 396 g/mol. The molecule has 0 saturated carbocycles. The molecule has 2 heterocycles. The highest BCUT2D eigenvalue weighted by molar-refractivity contribution is 8.23. The Morgan fingerprint density at radius 1 is 1.39 bits per heavy atom. The van der Waals surface area contributed by atoms with E-state index >= 15 is 0 Å². The molecule has 1 amide bonds. The quantitative estimate of drug-likeness (QED) is 0.715. The lowest BCUT2D eigenvalue weighted by Crippen LogP contribution is -2.28. The first kappa shape index (κ1) is 20.5. The van der Waals surface area contributed by atoms with Crippen LogP contribution in [0.1, 0.15) is 48.0 Å². The fourth-order valence-electron chi connectivity index (χ4n) is 3.09. The van der Waals surface area contributed by atoms with Crippen LogP contribution in [0.2, 0.25) is 0 Å². The van der Waals surface area contributed by atoms with Crippen LogP contribution in [0.15, 0.2) is 29.0 Å². The molecule has 28 heavy (non-hydrogen) atoms. The minimum absolute atomic E-state index is 0.0133. The van der Waals surface area contributed by atoms with Gasteiger partial charge in [-0.15, -0.1) is 0 Å². The van der Waals surface area contributed by atoms with E-state index in [9.17, 15) is 9.59 Å². The van der Waals surface area contributed by atoms with Crippen molar-refractivity contribution >= 4 is 45.9 Å². The van der Waals surface area contributed by atoms with Crippen molar-refractivity contribution in [2.45, 2.75) is 32.6 Å². The van der Waals surface area contributed by atoms with Gasteiger partial charge in [0.05, 0.1) is 23.3 Å². The van der Waals surface area contributed by atoms with Gasteiger partial charge in [0.25, 0.3) is 0 Å². The zero-order valence-electron chi connectivity index (χ0n) is 15.8. The summed E-state index contributed by atoms with van der Waals surface area (Å²) in [5.41, 5.74) is 1.15. The monoisotopic (exact) mass is 418 g/mol. The van der Waals surface area contributed by atoms with Gasteiger partial charge in [0.2, 0.25) is 11.9 Å². The molecule has 1 N–H and O–H groups in total. The van der Waals surface area contributed by atoms with Crippen molar-refractivity contribution < 1.29 is 14.0 Å². The molecule has 0 unspecified atom stereocenters. The van der Waals surface area contributed by atoms with Gasteiger partial charge >= 0.3 is 0 Å². The second-order valence-electron chi connectivity index (χ2n) is 6.37. The maximum atomic E-state index is 12.4. The number of carbonyl (C=O) groups is 2. The number of carbonyl (C=O) groups excluding carboxylic acids is 2. The van der Waals surface area contributed by atoms with Gasteiger partial charge in [0.15, 0.2) is 5.78 Å². The molecule has 0 fully saturated rings. The third-order valence-corrected chi connectivity index (χ3v) is 6.11. The first-order valence-corrected chi connectivity index (χ1v) is 10.5. The standard InChI is InChI=1S/C19H22N4O3S2/c1-3-23(4-2)19(27)28-11-17(25)22-18-20-10-13-14(21-18)8-12(9-15(13)24)16-6-5-7-26-16/h5-7,10,12H,3-4,8-9,11H2,1-2H3,(H,20,21,22,25)/t12-/m0/s1. The molecule has 2 aromatic rings. The summed E-state index contributed by atoms with van der Waals surface area (Å²) in [7, 11) is 0. The number of rotatable bonds is 6. The Bertz CT molecular complexity index is 866. The smallest absolute Gasteiger partial charge is 0.237 e. The number of aromatic nitrogens is 2. The number of furan rings is 1. The van der Waals surface area contributed by atoms with E-state index in [-0.39, 0.29) is 29.3 Å². The Labute approximate surface area is 173 Å². The first-order valence-electron chi connectivity index (χ1n) is 9.15. The van der Waals surface area contributed by atoms with Crippen molar-refractivity contribution in [2.24, 2.45) is 0 Å². The van der Waals surface area contributed by atoms with Gasteiger partial charge in [-0.1, -0.05) is 24.0 Å². The molecular formula is C19H22N4O3S2. The molecule has 9 heteroatoms. The second kappa shape index (κ2) is 9.29. The van der Waals surface area contributed by atoms with Crippen molar-refractivity contribution in [2.75, 3.05) is 24.2 Å². The summed E-state index contributed by atoms with van der Waals surface area (Å²) in [6.45, 7) is 5.66. The van der Waals surface area contributed by atoms with E-state index in [2.05, 4.69) is 15.3 Å². The van der Waals surface area contributed by atoms with Crippen LogP contribution < -0.4 is 5.32 Å². The van der Waals surface area contributed by atoms with Crippen molar-refractivity contribution in [1.29, 1.82) is 0 Å². The molecule has 2 aromatic heterocycles. The van der Waals surface area contributed by atoms with Gasteiger partial charge in [0, 0.05) is 38.0 Å². The van der Waals surface area contributed by atoms with Gasteiger partial charge in [-0.05, 0) is 26.0 Å². The van der Waals surface area contributed by atoms with Crippen LogP contribution in [0.25, 0.3) is 0 Å². The van der Waals surface area contributed by atoms with Crippen molar-refractivity contribution in [3.63, 3.8) is 0 Å². The molecule has 0 radical (unpaired) electrons. The summed E-state index contributed by atoms with van der Waals surface area (Å²) in [4.78, 5) is 35.2. The minimum Gasteiger partial charge on any atom is -0.469 e. The Hall–Kier alpha value is -2.26. The fourth-order valence-corrected chi connectivity index (χ4v) is 4.29. The predicted octanol–water partition coefficient (Wildman–Crippen LogP) is 3.28. The van der Waals surface area contributed by atoms with Crippen LogP contribution in [-0.4, -0.2) is 49.7 Å². The number of fused-ring (bicyclic) bond motifs is 1. The topological polar surface area (TPSA) is 88.3 Å². The number of ketones is 1. The highest BCUT2D eigenvalue weighted by atomic mass is 32.2. The van der Waals surface area contributed by atoms with Crippen molar-refractivity contribution in [3.8, 4) is 0 Å². The van der Waals surface area contributed by atoms with E-state index in [1.165, 1.54) is 18.0 Å². The highest BCUT2D eigenvalue weighted by Crippen LogP contribution is 2.32. The molecule has 7 nitrogen and oxygen atoms in total. The van der Waals surface area contributed by atoms with Crippen LogP contribution in [0.5, 0.6) is 0 Å². The zero-order valence-corrected chi connectivity index (χ0v) is 17.4. The van der Waals surface area contributed by atoms with E-state index in [0.29, 0.717) is 28.4 Å². The van der Waals surface area contributed by atoms with Crippen LogP contribution in [0, 0.1) is 0 Å². The van der Waals surface area contributed by atoms with E-state index < -0.39 is 0 Å². The first-order chi connectivity index (χ1) is 13.5. The Kier molecular flexibility index (Phi) is 6.79. The van der Waals surface area contributed by atoms with Crippen LogP contribution in [0.3, 0.4) is 0 Å². The van der Waals surface area contributed by atoms with Gasteiger partial charge in [0.1, 0.15) is 10.1 Å². The summed E-state index contributed by atoms with van der Waals surface area (Å²) in [5, 5.41) is 2.69. The number of nitrogens with zero attached hydrogens (tertiary/aromatic N) is 3. The molecule has 0 aliphatic heterocycles. The SMILES string of the molecule is CCN(CC)C(=S)SCC(=O)Nc1ncc2c(n1)C[C@H](c1ccco1)CC2=O. The summed E-state index contributed by atoms with van der Waals surface area (Å²) in [6.07, 6.45) is 4.03. The average Bonchev–Trinajstić information content (AvgIpc) is 3.22. The third-order valence-electron chi connectivity index (χ3n) is 4.58. The lowest BCUT2D eigenvalue weighted by molar-refractivity contribution is -0.113. The molecule has 3 rings (SSSR count). The van der Waals surface area contributed by atoms with Crippen molar-refractivity contribution in [1.82, 2.24) is 14.9 Å². The maximum Gasteiger partial charge on any atom is 0.237 e. The Balaban J connectivity index is 1.63. The maximum absolute atomic E-state index is 12.4. The molecule has 1 aliphatic rings. The number of nitrogens with one attached hydrogen (secondary N) is 1. The molecule has 1 aliphatic carbocycles. The van der Waals surface area contributed by atoms with Gasteiger partial charge in [-0.25, -0.2) is 9.97 Å². The van der Waals surface area contributed by atoms with Gasteiger partial charge in [-0.2, -0.15) is 0 Å². The highest BCUT2D eigenvalue weighted by Gasteiger charge is 2.29. The second-order valence-corrected chi connectivity index (χ2v) is 7.98. The Morgan fingerprint density at radius 3 is 2.86 bits per heavy atom. The van der Waals surface area contributed by atoms with E-state index in [1.54, 1.807) is 12.3 Å². The number of thiocarbonyl (C=S) groups is 1. The molecule has 0 aromatic carbocycles. The van der Waals surface area contributed by atoms with Crippen LogP contribution in [0.4, 0.5) is 5.95 Å². The van der Waals surface area contributed by atoms with Crippen molar-refractivity contribution in [3.05, 3.63) is 41.6 Å². The lowest BCUT2D eigenvalue weighted by Gasteiger charge is -2.21. The van der Waals surface area contributed by atoms with Gasteiger partial charge in [-0.3, -0.25) is 14.9 Å². The average molecular weight is 419 g/mol. The number of thioether (sulfide) groups is 1. The summed E-state index contributed by atoms with van der Waals surface area (Å²) in [5.74, 6) is 0.861. The minimum atomic E-state index is -0.232. The van der Waals surface area contributed by atoms with E-state index in [1.807, 2.05) is 24.8 Å². The predicted molar refractivity (Wildman–Crippen MR) is 113 cm³/mol. The molecule has 1 atom stereocenters. The van der Waals surface area contributed by atoms with E-state index in [4.69, 9.17) is 16.6 Å². The number of hydrogen-bond donors (Lipinski definition) is 1. The largest absolute Gasteiger partial charge is 0.469 e. The number of hydrogen-bond acceptors (Lipinski definition) is 7. The summed E-state index contributed by atoms with van der Waals surface area (Å²) in [6, 6.07) is 3.67. The number of Topliss-reactive ketones (excluding diaryl/α,β-unsaturated/α-hetero) is 1. The number of anilines is 1. The van der Waals surface area contributed by atoms with Crippen LogP contribution >= 0.6 is 24.0 Å². The normalized spacial score (nSPS) is 15.8. The summed E-state index contributed by atoms with van der Waals surface area (Å²) < 4.78 is 6.13. The van der Waals surface area contributed by atoms with Gasteiger partial charge < -0.3 is 9.32 Å². The third kappa shape index (κ3) is 4.77. The molecule has 0 saturated heterocycles. The summed E-state index contributed by atoms with van der Waals surface area (Å²) >= 11 is 6.65. The Morgan fingerprint density at radius 2 is 2.18 bits per heavy atom. The van der Waals surface area contributed by atoms with Crippen LogP contribution in [-0.2, 0) is 11.2 Å².